The fraction of sp³-hybridized carbons (Fsp3) is 0.571. The SMILES string of the molecule is CCOC(C)c1noc(CNC(=NC)NC2CC(C)N(Cc3ccccc3)C2)n1.I. The molecule has 2 aromatic rings. The molecule has 1 aliphatic rings. The third-order valence-electron chi connectivity index (χ3n) is 5.17. The van der Waals surface area contributed by atoms with Crippen molar-refractivity contribution in [3.05, 3.63) is 47.6 Å². The number of nitrogens with one attached hydrogen (secondary N) is 2. The summed E-state index contributed by atoms with van der Waals surface area (Å²) in [4.78, 5) is 11.2. The molecule has 0 saturated carbocycles. The first-order valence-electron chi connectivity index (χ1n) is 10.3. The largest absolute Gasteiger partial charge is 0.371 e. The van der Waals surface area contributed by atoms with Gasteiger partial charge in [0.2, 0.25) is 5.89 Å². The van der Waals surface area contributed by atoms with E-state index in [4.69, 9.17) is 9.26 Å². The van der Waals surface area contributed by atoms with Crippen molar-refractivity contribution in [1.82, 2.24) is 25.7 Å². The minimum Gasteiger partial charge on any atom is -0.371 e. The first-order valence-corrected chi connectivity index (χ1v) is 10.3. The van der Waals surface area contributed by atoms with Crippen LogP contribution in [0.4, 0.5) is 0 Å². The van der Waals surface area contributed by atoms with Crippen LogP contribution in [0.2, 0.25) is 0 Å². The number of hydrogen-bond donors (Lipinski definition) is 2. The average molecular weight is 528 g/mol. The molecule has 0 bridgehead atoms. The van der Waals surface area contributed by atoms with Gasteiger partial charge in [-0.3, -0.25) is 9.89 Å². The molecule has 8 nitrogen and oxygen atoms in total. The van der Waals surface area contributed by atoms with Crippen molar-refractivity contribution in [2.24, 2.45) is 4.99 Å². The number of benzene rings is 1. The summed E-state index contributed by atoms with van der Waals surface area (Å²) >= 11 is 0. The molecule has 3 atom stereocenters. The van der Waals surface area contributed by atoms with E-state index < -0.39 is 0 Å². The Balaban J connectivity index is 0.00000320. The van der Waals surface area contributed by atoms with Crippen LogP contribution in [0.25, 0.3) is 0 Å². The number of halogens is 1. The quantitative estimate of drug-likeness (QED) is 0.309. The predicted octanol–water partition coefficient (Wildman–Crippen LogP) is 3.11. The van der Waals surface area contributed by atoms with E-state index >= 15 is 0 Å². The minimum absolute atomic E-state index is 0. The predicted molar refractivity (Wildman–Crippen MR) is 128 cm³/mol. The maximum atomic E-state index is 5.49. The van der Waals surface area contributed by atoms with Crippen molar-refractivity contribution >= 4 is 29.9 Å². The van der Waals surface area contributed by atoms with Crippen molar-refractivity contribution in [2.75, 3.05) is 20.2 Å². The Morgan fingerprint density at radius 3 is 2.83 bits per heavy atom. The van der Waals surface area contributed by atoms with E-state index in [1.807, 2.05) is 13.8 Å². The van der Waals surface area contributed by atoms with Gasteiger partial charge in [-0.2, -0.15) is 4.98 Å². The number of ether oxygens (including phenoxy) is 1. The molecule has 0 radical (unpaired) electrons. The zero-order chi connectivity index (χ0) is 20.6. The topological polar surface area (TPSA) is 87.8 Å². The van der Waals surface area contributed by atoms with Gasteiger partial charge in [0.25, 0.3) is 0 Å². The lowest BCUT2D eigenvalue weighted by Gasteiger charge is -2.21. The van der Waals surface area contributed by atoms with Gasteiger partial charge in [-0.1, -0.05) is 35.5 Å². The standard InChI is InChI=1S/C21H32N6O2.HI/c1-5-28-16(3)20-25-19(29-26-20)12-23-21(22-4)24-18-11-15(2)27(14-18)13-17-9-7-6-8-10-17;/h6-10,15-16,18H,5,11-14H2,1-4H3,(H2,22,23,24);1H. The fourth-order valence-corrected chi connectivity index (χ4v) is 3.62. The Hall–Kier alpha value is -1.72. The molecule has 0 spiro atoms. The summed E-state index contributed by atoms with van der Waals surface area (Å²) in [6.45, 7) is 9.11. The molecule has 9 heteroatoms. The summed E-state index contributed by atoms with van der Waals surface area (Å²) in [6, 6.07) is 11.5. The van der Waals surface area contributed by atoms with Gasteiger partial charge < -0.3 is 19.9 Å². The summed E-state index contributed by atoms with van der Waals surface area (Å²) in [6.07, 6.45) is 0.898. The molecule has 2 heterocycles. The van der Waals surface area contributed by atoms with Gasteiger partial charge in [0, 0.05) is 38.8 Å². The molecular weight excluding hydrogens is 495 g/mol. The lowest BCUT2D eigenvalue weighted by molar-refractivity contribution is 0.0683. The van der Waals surface area contributed by atoms with Crippen LogP contribution in [-0.4, -0.2) is 53.3 Å². The normalized spacial score (nSPS) is 20.6. The number of hydrogen-bond acceptors (Lipinski definition) is 6. The van der Waals surface area contributed by atoms with Crippen molar-refractivity contribution in [2.45, 2.75) is 58.5 Å². The summed E-state index contributed by atoms with van der Waals surface area (Å²) in [5.41, 5.74) is 1.34. The number of aromatic nitrogens is 2. The Morgan fingerprint density at radius 1 is 1.37 bits per heavy atom. The van der Waals surface area contributed by atoms with Crippen LogP contribution in [0.3, 0.4) is 0 Å². The van der Waals surface area contributed by atoms with Crippen molar-refractivity contribution in [3.8, 4) is 0 Å². The molecule has 166 valence electrons. The zero-order valence-electron chi connectivity index (χ0n) is 18.2. The van der Waals surface area contributed by atoms with Gasteiger partial charge in [0.05, 0.1) is 6.54 Å². The van der Waals surface area contributed by atoms with Gasteiger partial charge in [-0.15, -0.1) is 24.0 Å². The Labute approximate surface area is 195 Å². The van der Waals surface area contributed by atoms with E-state index in [-0.39, 0.29) is 30.1 Å². The molecule has 1 aromatic heterocycles. The highest BCUT2D eigenvalue weighted by atomic mass is 127. The maximum absolute atomic E-state index is 5.49. The molecule has 30 heavy (non-hydrogen) atoms. The second-order valence-electron chi connectivity index (χ2n) is 7.41. The van der Waals surface area contributed by atoms with Crippen LogP contribution in [-0.2, 0) is 17.8 Å². The highest BCUT2D eigenvalue weighted by molar-refractivity contribution is 14.0. The monoisotopic (exact) mass is 528 g/mol. The number of guanidine groups is 1. The number of aliphatic imine (C=N–C) groups is 1. The second-order valence-corrected chi connectivity index (χ2v) is 7.41. The van der Waals surface area contributed by atoms with Crippen LogP contribution < -0.4 is 10.6 Å². The van der Waals surface area contributed by atoms with E-state index in [1.165, 1.54) is 5.56 Å². The lowest BCUT2D eigenvalue weighted by atomic mass is 10.2. The lowest BCUT2D eigenvalue weighted by Crippen LogP contribution is -2.44. The molecular formula is C21H33IN6O2. The van der Waals surface area contributed by atoms with Gasteiger partial charge >= 0.3 is 0 Å². The Morgan fingerprint density at radius 2 is 2.13 bits per heavy atom. The first kappa shape index (κ1) is 24.5. The van der Waals surface area contributed by atoms with Crippen LogP contribution >= 0.6 is 24.0 Å². The molecule has 0 amide bonds. The van der Waals surface area contributed by atoms with Crippen molar-refractivity contribution in [1.29, 1.82) is 0 Å². The highest BCUT2D eigenvalue weighted by Gasteiger charge is 2.29. The molecule has 1 aromatic carbocycles. The zero-order valence-corrected chi connectivity index (χ0v) is 20.5. The molecule has 3 unspecified atom stereocenters. The second kappa shape index (κ2) is 12.2. The van der Waals surface area contributed by atoms with Crippen LogP contribution in [0.1, 0.15) is 50.6 Å². The smallest absolute Gasteiger partial charge is 0.246 e. The van der Waals surface area contributed by atoms with Crippen molar-refractivity contribution < 1.29 is 9.26 Å². The molecule has 3 rings (SSSR count). The third kappa shape index (κ3) is 6.92. The maximum Gasteiger partial charge on any atom is 0.246 e. The summed E-state index contributed by atoms with van der Waals surface area (Å²) in [7, 11) is 1.77. The van der Waals surface area contributed by atoms with Gasteiger partial charge in [0.1, 0.15) is 6.10 Å². The summed E-state index contributed by atoms with van der Waals surface area (Å²) < 4.78 is 10.8. The number of nitrogens with zero attached hydrogens (tertiary/aromatic N) is 4. The van der Waals surface area contributed by atoms with E-state index in [0.717, 1.165) is 25.5 Å². The third-order valence-corrected chi connectivity index (χ3v) is 5.17. The van der Waals surface area contributed by atoms with Crippen LogP contribution in [0.5, 0.6) is 0 Å². The van der Waals surface area contributed by atoms with Gasteiger partial charge in [0.15, 0.2) is 11.8 Å². The van der Waals surface area contributed by atoms with E-state index in [0.29, 0.717) is 37.0 Å². The van der Waals surface area contributed by atoms with Crippen LogP contribution in [0, 0.1) is 0 Å². The van der Waals surface area contributed by atoms with Gasteiger partial charge in [-0.05, 0) is 32.8 Å². The molecule has 1 fully saturated rings. The molecule has 1 saturated heterocycles. The van der Waals surface area contributed by atoms with Gasteiger partial charge in [-0.25, -0.2) is 0 Å². The molecule has 1 aliphatic heterocycles. The molecule has 2 N–H and O–H groups in total. The minimum atomic E-state index is -0.175. The highest BCUT2D eigenvalue weighted by Crippen LogP contribution is 2.20. The average Bonchev–Trinajstić information content (AvgIpc) is 3.33. The first-order chi connectivity index (χ1) is 14.1. The molecule has 0 aliphatic carbocycles. The van der Waals surface area contributed by atoms with E-state index in [9.17, 15) is 0 Å². The van der Waals surface area contributed by atoms with E-state index in [2.05, 4.69) is 67.9 Å². The Bertz CT molecular complexity index is 785. The number of likely N-dealkylation sites (tertiary alicyclic amines) is 1. The van der Waals surface area contributed by atoms with Crippen molar-refractivity contribution in [3.63, 3.8) is 0 Å². The van der Waals surface area contributed by atoms with E-state index in [1.54, 1.807) is 7.05 Å². The Kier molecular flexibility index (Phi) is 9.99. The van der Waals surface area contributed by atoms with Crippen LogP contribution in [0.15, 0.2) is 39.8 Å². The summed E-state index contributed by atoms with van der Waals surface area (Å²) in [5.74, 6) is 1.81. The summed E-state index contributed by atoms with van der Waals surface area (Å²) in [5, 5.41) is 10.8. The fourth-order valence-electron chi connectivity index (χ4n) is 3.62. The number of rotatable bonds is 8.